The van der Waals surface area contributed by atoms with Gasteiger partial charge in [-0.3, -0.25) is 4.79 Å². The van der Waals surface area contributed by atoms with Crippen LogP contribution in [0, 0.1) is 5.41 Å². The fourth-order valence-electron chi connectivity index (χ4n) is 2.32. The van der Waals surface area contributed by atoms with Crippen molar-refractivity contribution in [3.8, 4) is 0 Å². The van der Waals surface area contributed by atoms with E-state index in [0.717, 1.165) is 24.0 Å². The molecular weight excluding hydrogens is 252 g/mol. The van der Waals surface area contributed by atoms with Gasteiger partial charge in [-0.15, -0.1) is 0 Å². The Morgan fingerprint density at radius 2 is 1.95 bits per heavy atom. The van der Waals surface area contributed by atoms with Crippen molar-refractivity contribution in [1.29, 1.82) is 0 Å². The first kappa shape index (κ1) is 16.7. The molecule has 1 amide bonds. The van der Waals surface area contributed by atoms with E-state index < -0.39 is 5.41 Å². The molecule has 0 saturated carbocycles. The van der Waals surface area contributed by atoms with Crippen LogP contribution in [0.1, 0.15) is 37.8 Å². The molecule has 0 radical (unpaired) electrons. The second-order valence-electron chi connectivity index (χ2n) is 5.13. The third-order valence-corrected chi connectivity index (χ3v) is 3.98. The average Bonchev–Trinajstić information content (AvgIpc) is 2.48. The summed E-state index contributed by atoms with van der Waals surface area (Å²) in [4.78, 5) is 12.3. The van der Waals surface area contributed by atoms with Crippen molar-refractivity contribution in [2.45, 2.75) is 39.8 Å². The molecule has 1 rings (SSSR count). The van der Waals surface area contributed by atoms with E-state index in [1.165, 1.54) is 0 Å². The Bertz CT molecular complexity index is 420. The summed E-state index contributed by atoms with van der Waals surface area (Å²) in [6, 6.07) is 8.04. The molecule has 0 saturated heterocycles. The number of nitrogens with two attached hydrogens (primary N) is 1. The number of carbonyl (C=O) groups is 1. The topological polar surface area (TPSA) is 64.4 Å². The molecule has 0 bridgehead atoms. The van der Waals surface area contributed by atoms with Gasteiger partial charge in [-0.05, 0) is 24.0 Å². The third-order valence-electron chi connectivity index (χ3n) is 3.98. The number of amides is 1. The highest BCUT2D eigenvalue weighted by Gasteiger charge is 2.32. The smallest absolute Gasteiger partial charge is 0.227 e. The molecule has 0 unspecified atom stereocenters. The zero-order chi connectivity index (χ0) is 15.0. The van der Waals surface area contributed by atoms with Crippen molar-refractivity contribution >= 4 is 5.91 Å². The molecule has 0 atom stereocenters. The molecule has 0 fully saturated rings. The molecule has 0 spiro atoms. The summed E-state index contributed by atoms with van der Waals surface area (Å²) < 4.78 is 5.11. The van der Waals surface area contributed by atoms with Crippen molar-refractivity contribution in [3.05, 3.63) is 35.4 Å². The largest absolute Gasteiger partial charge is 0.380 e. The standard InChI is InChI=1S/C16H26N2O2/c1-4-16(5-2,12-17)15(19)18-10-13-7-6-8-14(9-13)11-20-3/h6-9H,4-5,10-12,17H2,1-3H3,(H,18,19). The lowest BCUT2D eigenvalue weighted by molar-refractivity contribution is -0.131. The van der Waals surface area contributed by atoms with E-state index in [1.807, 2.05) is 38.1 Å². The summed E-state index contributed by atoms with van der Waals surface area (Å²) in [6.07, 6.45) is 1.52. The van der Waals surface area contributed by atoms with Crippen LogP contribution in [0.25, 0.3) is 0 Å². The predicted molar refractivity (Wildman–Crippen MR) is 81.1 cm³/mol. The lowest BCUT2D eigenvalue weighted by Gasteiger charge is -2.28. The first-order chi connectivity index (χ1) is 9.61. The maximum atomic E-state index is 12.3. The number of benzene rings is 1. The number of rotatable bonds is 8. The predicted octanol–water partition coefficient (Wildman–Crippen LogP) is 2.21. The minimum absolute atomic E-state index is 0.0437. The van der Waals surface area contributed by atoms with E-state index >= 15 is 0 Å². The molecule has 0 aliphatic rings. The highest BCUT2D eigenvalue weighted by molar-refractivity contribution is 5.82. The minimum Gasteiger partial charge on any atom is -0.380 e. The summed E-state index contributed by atoms with van der Waals surface area (Å²) >= 11 is 0. The van der Waals surface area contributed by atoms with Gasteiger partial charge in [0.15, 0.2) is 0 Å². The van der Waals surface area contributed by atoms with Gasteiger partial charge in [0.1, 0.15) is 0 Å². The summed E-state index contributed by atoms with van der Waals surface area (Å²) in [6.45, 7) is 5.51. The van der Waals surface area contributed by atoms with Crippen LogP contribution in [0.2, 0.25) is 0 Å². The molecule has 4 nitrogen and oxygen atoms in total. The first-order valence-electron chi connectivity index (χ1n) is 7.17. The van der Waals surface area contributed by atoms with E-state index in [9.17, 15) is 4.79 Å². The van der Waals surface area contributed by atoms with Gasteiger partial charge < -0.3 is 15.8 Å². The number of ether oxygens (including phenoxy) is 1. The van der Waals surface area contributed by atoms with E-state index in [4.69, 9.17) is 10.5 Å². The van der Waals surface area contributed by atoms with Crippen molar-refractivity contribution in [1.82, 2.24) is 5.32 Å². The summed E-state index contributed by atoms with van der Waals surface area (Å²) in [5.74, 6) is 0.0437. The number of methoxy groups -OCH3 is 1. The van der Waals surface area contributed by atoms with E-state index in [0.29, 0.717) is 19.7 Å². The Kier molecular flexibility index (Phi) is 6.68. The molecule has 0 aliphatic heterocycles. The molecule has 1 aromatic rings. The number of carbonyl (C=O) groups excluding carboxylic acids is 1. The van der Waals surface area contributed by atoms with Crippen LogP contribution in [0.5, 0.6) is 0 Å². The van der Waals surface area contributed by atoms with Crippen molar-refractivity contribution in [2.75, 3.05) is 13.7 Å². The fraction of sp³-hybridized carbons (Fsp3) is 0.562. The van der Waals surface area contributed by atoms with Crippen LogP contribution in [-0.2, 0) is 22.7 Å². The Morgan fingerprint density at radius 1 is 1.30 bits per heavy atom. The van der Waals surface area contributed by atoms with Crippen LogP contribution in [-0.4, -0.2) is 19.6 Å². The quantitative estimate of drug-likeness (QED) is 0.766. The first-order valence-corrected chi connectivity index (χ1v) is 7.17. The molecule has 20 heavy (non-hydrogen) atoms. The molecule has 112 valence electrons. The van der Waals surface area contributed by atoms with Gasteiger partial charge in [0.2, 0.25) is 5.91 Å². The minimum atomic E-state index is -0.440. The monoisotopic (exact) mass is 278 g/mol. The zero-order valence-corrected chi connectivity index (χ0v) is 12.7. The molecule has 0 aromatic heterocycles. The average molecular weight is 278 g/mol. The van der Waals surface area contributed by atoms with Gasteiger partial charge in [0.05, 0.1) is 12.0 Å². The van der Waals surface area contributed by atoms with Crippen LogP contribution >= 0.6 is 0 Å². The second-order valence-corrected chi connectivity index (χ2v) is 5.13. The fourth-order valence-corrected chi connectivity index (χ4v) is 2.32. The van der Waals surface area contributed by atoms with Gasteiger partial charge in [0.25, 0.3) is 0 Å². The van der Waals surface area contributed by atoms with E-state index in [2.05, 4.69) is 5.32 Å². The maximum absolute atomic E-state index is 12.3. The molecule has 0 aliphatic carbocycles. The number of hydrogen-bond acceptors (Lipinski definition) is 3. The lowest BCUT2D eigenvalue weighted by atomic mass is 9.81. The third kappa shape index (κ3) is 4.05. The van der Waals surface area contributed by atoms with Gasteiger partial charge in [-0.1, -0.05) is 38.1 Å². The molecule has 0 heterocycles. The zero-order valence-electron chi connectivity index (χ0n) is 12.7. The number of nitrogens with one attached hydrogen (secondary N) is 1. The van der Waals surface area contributed by atoms with Gasteiger partial charge >= 0.3 is 0 Å². The lowest BCUT2D eigenvalue weighted by Crippen LogP contribution is -2.45. The SMILES string of the molecule is CCC(CC)(CN)C(=O)NCc1cccc(COC)c1. The Labute approximate surface area is 121 Å². The van der Waals surface area contributed by atoms with Crippen LogP contribution in [0.15, 0.2) is 24.3 Å². The molecule has 4 heteroatoms. The summed E-state index contributed by atoms with van der Waals surface area (Å²) in [5.41, 5.74) is 7.53. The second kappa shape index (κ2) is 8.02. The van der Waals surface area contributed by atoms with Crippen LogP contribution in [0.3, 0.4) is 0 Å². The summed E-state index contributed by atoms with van der Waals surface area (Å²) in [7, 11) is 1.67. The Morgan fingerprint density at radius 3 is 2.50 bits per heavy atom. The van der Waals surface area contributed by atoms with Gasteiger partial charge in [-0.2, -0.15) is 0 Å². The van der Waals surface area contributed by atoms with Crippen LogP contribution < -0.4 is 11.1 Å². The highest BCUT2D eigenvalue weighted by atomic mass is 16.5. The van der Waals surface area contributed by atoms with Gasteiger partial charge in [0, 0.05) is 20.2 Å². The number of hydrogen-bond donors (Lipinski definition) is 2. The molecular formula is C16H26N2O2. The highest BCUT2D eigenvalue weighted by Crippen LogP contribution is 2.25. The van der Waals surface area contributed by atoms with Gasteiger partial charge in [-0.25, -0.2) is 0 Å². The van der Waals surface area contributed by atoms with E-state index in [1.54, 1.807) is 7.11 Å². The van der Waals surface area contributed by atoms with Crippen molar-refractivity contribution in [3.63, 3.8) is 0 Å². The Balaban J connectivity index is 2.66. The normalized spacial score (nSPS) is 11.4. The van der Waals surface area contributed by atoms with Crippen LogP contribution in [0.4, 0.5) is 0 Å². The maximum Gasteiger partial charge on any atom is 0.227 e. The Hall–Kier alpha value is -1.39. The molecule has 1 aromatic carbocycles. The molecule has 3 N–H and O–H groups in total. The van der Waals surface area contributed by atoms with E-state index in [-0.39, 0.29) is 5.91 Å². The van der Waals surface area contributed by atoms with Crippen molar-refractivity contribution < 1.29 is 9.53 Å². The summed E-state index contributed by atoms with van der Waals surface area (Å²) in [5, 5.41) is 3.00. The van der Waals surface area contributed by atoms with Crippen molar-refractivity contribution in [2.24, 2.45) is 11.1 Å².